The Bertz CT molecular complexity index is 1170. The van der Waals surface area contributed by atoms with Crippen molar-refractivity contribution in [2.75, 3.05) is 23.4 Å². The number of nitrogens with zero attached hydrogens (tertiary/aromatic N) is 1. The molecule has 4 rings (SSSR count). The van der Waals surface area contributed by atoms with Crippen LogP contribution in [-0.4, -0.2) is 30.9 Å². The number of thiophene rings is 1. The van der Waals surface area contributed by atoms with Gasteiger partial charge < -0.3 is 20.3 Å². The van der Waals surface area contributed by atoms with Crippen LogP contribution in [-0.2, 0) is 20.9 Å². The number of ether oxygens (including phenoxy) is 1. The summed E-state index contributed by atoms with van der Waals surface area (Å²) in [5.41, 5.74) is 1.15. The summed E-state index contributed by atoms with van der Waals surface area (Å²) in [6.45, 7) is 0.573. The fourth-order valence-corrected chi connectivity index (χ4v) is 4.73. The molecule has 1 aliphatic rings. The van der Waals surface area contributed by atoms with Crippen LogP contribution in [0.2, 0.25) is 10.0 Å². The normalized spacial score (nSPS) is 15.3. The third kappa shape index (κ3) is 6.28. The minimum atomic E-state index is -0.396. The zero-order valence-electron chi connectivity index (χ0n) is 17.9. The molecule has 0 bridgehead atoms. The van der Waals surface area contributed by atoms with Gasteiger partial charge in [-0.25, -0.2) is 0 Å². The number of benzene rings is 2. The van der Waals surface area contributed by atoms with Gasteiger partial charge in [-0.3, -0.25) is 14.4 Å². The quantitative estimate of drug-likeness (QED) is 0.451. The first-order chi connectivity index (χ1) is 16.4. The smallest absolute Gasteiger partial charge is 0.262 e. The molecule has 176 valence electrons. The third-order valence-electron chi connectivity index (χ3n) is 5.18. The molecular formula is C24H21Cl2N3O4S. The summed E-state index contributed by atoms with van der Waals surface area (Å²) >= 11 is 13.4. The molecule has 1 atom stereocenters. The van der Waals surface area contributed by atoms with Gasteiger partial charge in [0.05, 0.1) is 12.5 Å². The summed E-state index contributed by atoms with van der Waals surface area (Å²) < 4.78 is 5.53. The maximum atomic E-state index is 12.5. The lowest BCUT2D eigenvalue weighted by Crippen LogP contribution is -2.32. The monoisotopic (exact) mass is 517 g/mol. The van der Waals surface area contributed by atoms with E-state index in [2.05, 4.69) is 10.6 Å². The molecule has 0 unspecified atom stereocenters. The highest BCUT2D eigenvalue weighted by atomic mass is 35.5. The number of anilines is 2. The highest BCUT2D eigenvalue weighted by Crippen LogP contribution is 2.27. The van der Waals surface area contributed by atoms with E-state index >= 15 is 0 Å². The van der Waals surface area contributed by atoms with Gasteiger partial charge in [0.1, 0.15) is 5.75 Å². The maximum absolute atomic E-state index is 12.5. The van der Waals surface area contributed by atoms with Crippen molar-refractivity contribution in [3.8, 4) is 5.75 Å². The maximum Gasteiger partial charge on any atom is 0.262 e. The van der Waals surface area contributed by atoms with Crippen LogP contribution in [0.5, 0.6) is 5.75 Å². The molecule has 0 spiro atoms. The number of rotatable bonds is 8. The molecule has 10 heteroatoms. The van der Waals surface area contributed by atoms with Crippen LogP contribution in [0.3, 0.4) is 0 Å². The molecule has 1 fully saturated rings. The lowest BCUT2D eigenvalue weighted by Gasteiger charge is -2.17. The first kappa shape index (κ1) is 24.1. The second-order valence-electron chi connectivity index (χ2n) is 7.69. The second-order valence-corrected chi connectivity index (χ2v) is 9.60. The van der Waals surface area contributed by atoms with E-state index in [0.29, 0.717) is 40.3 Å². The fraction of sp³-hybridized carbons (Fsp3) is 0.208. The lowest BCUT2D eigenvalue weighted by atomic mass is 10.1. The zero-order chi connectivity index (χ0) is 24.1. The first-order valence-corrected chi connectivity index (χ1v) is 12.1. The highest BCUT2D eigenvalue weighted by molar-refractivity contribution is 7.09. The minimum absolute atomic E-state index is 0.107. The SMILES string of the molecule is O=C(COc1ccc(N2C[C@H](C(=O)NCc3cccs3)CC2=O)cc1)Nc1cc(Cl)cc(Cl)c1. The topological polar surface area (TPSA) is 87.7 Å². The van der Waals surface area contributed by atoms with Crippen molar-refractivity contribution < 1.29 is 19.1 Å². The Morgan fingerprint density at radius 1 is 1.09 bits per heavy atom. The molecule has 3 aromatic rings. The Hall–Kier alpha value is -3.07. The summed E-state index contributed by atoms with van der Waals surface area (Å²) in [6, 6.07) is 15.4. The number of halogens is 2. The molecule has 34 heavy (non-hydrogen) atoms. The van der Waals surface area contributed by atoms with E-state index in [4.69, 9.17) is 27.9 Å². The second kappa shape index (κ2) is 10.9. The van der Waals surface area contributed by atoms with Crippen molar-refractivity contribution >= 4 is 63.6 Å². The minimum Gasteiger partial charge on any atom is -0.484 e. The lowest BCUT2D eigenvalue weighted by molar-refractivity contribution is -0.126. The Balaban J connectivity index is 1.27. The van der Waals surface area contributed by atoms with Crippen LogP contribution < -0.4 is 20.3 Å². The van der Waals surface area contributed by atoms with Crippen LogP contribution in [0.25, 0.3) is 0 Å². The van der Waals surface area contributed by atoms with Gasteiger partial charge in [0.15, 0.2) is 6.61 Å². The van der Waals surface area contributed by atoms with Crippen LogP contribution in [0, 0.1) is 5.92 Å². The molecule has 2 heterocycles. The number of amides is 3. The molecule has 7 nitrogen and oxygen atoms in total. The molecule has 0 saturated carbocycles. The van der Waals surface area contributed by atoms with Crippen molar-refractivity contribution in [2.24, 2.45) is 5.92 Å². The molecular weight excluding hydrogens is 497 g/mol. The summed E-state index contributed by atoms with van der Waals surface area (Å²) in [6.07, 6.45) is 0.169. The van der Waals surface area contributed by atoms with Crippen molar-refractivity contribution in [2.45, 2.75) is 13.0 Å². The van der Waals surface area contributed by atoms with Gasteiger partial charge in [-0.15, -0.1) is 11.3 Å². The van der Waals surface area contributed by atoms with Gasteiger partial charge in [0.25, 0.3) is 5.91 Å². The van der Waals surface area contributed by atoms with Crippen molar-refractivity contribution in [1.82, 2.24) is 5.32 Å². The Labute approximate surface area is 210 Å². The summed E-state index contributed by atoms with van der Waals surface area (Å²) in [4.78, 5) is 39.8. The molecule has 3 amide bonds. The average Bonchev–Trinajstić information content (AvgIpc) is 3.45. The van der Waals surface area contributed by atoms with Gasteiger partial charge in [-0.2, -0.15) is 0 Å². The van der Waals surface area contributed by atoms with Gasteiger partial charge in [-0.1, -0.05) is 29.3 Å². The van der Waals surface area contributed by atoms with Crippen molar-refractivity contribution in [1.29, 1.82) is 0 Å². The average molecular weight is 518 g/mol. The van der Waals surface area contributed by atoms with Crippen LogP contribution >= 0.6 is 34.5 Å². The van der Waals surface area contributed by atoms with Crippen LogP contribution in [0.4, 0.5) is 11.4 Å². The van der Waals surface area contributed by atoms with Gasteiger partial charge >= 0.3 is 0 Å². The first-order valence-electron chi connectivity index (χ1n) is 10.5. The molecule has 0 radical (unpaired) electrons. The molecule has 1 aliphatic heterocycles. The summed E-state index contributed by atoms with van der Waals surface area (Å²) in [5, 5.41) is 8.35. The molecule has 0 aliphatic carbocycles. The van der Waals surface area contributed by atoms with Crippen LogP contribution in [0.15, 0.2) is 60.0 Å². The van der Waals surface area contributed by atoms with Gasteiger partial charge in [0, 0.05) is 39.3 Å². The van der Waals surface area contributed by atoms with Gasteiger partial charge in [0.2, 0.25) is 11.8 Å². The predicted octanol–water partition coefficient (Wildman–Crippen LogP) is 4.74. The summed E-state index contributed by atoms with van der Waals surface area (Å²) in [7, 11) is 0. The molecule has 1 aromatic heterocycles. The Morgan fingerprint density at radius 2 is 1.82 bits per heavy atom. The van der Waals surface area contributed by atoms with E-state index in [1.807, 2.05) is 17.5 Å². The van der Waals surface area contributed by atoms with E-state index in [0.717, 1.165) is 4.88 Å². The van der Waals surface area contributed by atoms with E-state index in [1.165, 1.54) is 0 Å². The number of hydrogen-bond acceptors (Lipinski definition) is 5. The fourth-order valence-electron chi connectivity index (χ4n) is 3.56. The zero-order valence-corrected chi connectivity index (χ0v) is 20.3. The number of carbonyl (C=O) groups is 3. The number of carbonyl (C=O) groups excluding carboxylic acids is 3. The van der Waals surface area contributed by atoms with E-state index in [1.54, 1.807) is 58.7 Å². The Morgan fingerprint density at radius 3 is 2.50 bits per heavy atom. The van der Waals surface area contributed by atoms with E-state index < -0.39 is 5.92 Å². The molecule has 1 saturated heterocycles. The highest BCUT2D eigenvalue weighted by Gasteiger charge is 2.35. The van der Waals surface area contributed by atoms with Crippen molar-refractivity contribution in [3.63, 3.8) is 0 Å². The predicted molar refractivity (Wildman–Crippen MR) is 134 cm³/mol. The summed E-state index contributed by atoms with van der Waals surface area (Å²) in [5.74, 6) is -0.527. The van der Waals surface area contributed by atoms with Crippen molar-refractivity contribution in [3.05, 3.63) is 74.9 Å². The largest absolute Gasteiger partial charge is 0.484 e. The molecule has 2 aromatic carbocycles. The van der Waals surface area contributed by atoms with Gasteiger partial charge in [-0.05, 0) is 53.9 Å². The number of hydrogen-bond donors (Lipinski definition) is 2. The standard InChI is InChI=1S/C24H21Cl2N3O4S/c25-16-9-17(26)11-18(10-16)28-22(30)14-33-20-5-3-19(4-6-20)29-13-15(8-23(29)31)24(32)27-12-21-2-1-7-34-21/h1-7,9-11,15H,8,12-14H2,(H,27,32)(H,28,30)/t15-/m1/s1. The van der Waals surface area contributed by atoms with E-state index in [-0.39, 0.29) is 30.7 Å². The third-order valence-corrected chi connectivity index (χ3v) is 6.49. The number of nitrogens with one attached hydrogen (secondary N) is 2. The molecule has 2 N–H and O–H groups in total. The van der Waals surface area contributed by atoms with E-state index in [9.17, 15) is 14.4 Å². The Kier molecular flexibility index (Phi) is 7.72. The van der Waals surface area contributed by atoms with Crippen LogP contribution in [0.1, 0.15) is 11.3 Å².